The van der Waals surface area contributed by atoms with Crippen LogP contribution in [0.3, 0.4) is 0 Å². The second-order valence-electron chi connectivity index (χ2n) is 2.78. The molecule has 2 N–H and O–H groups in total. The Morgan fingerprint density at radius 2 is 2.23 bits per heavy atom. The molecular formula is C9H9ClFNO. The van der Waals surface area contributed by atoms with Gasteiger partial charge in [0.1, 0.15) is 5.82 Å². The first-order valence-corrected chi connectivity index (χ1v) is 4.15. The Morgan fingerprint density at radius 1 is 1.62 bits per heavy atom. The minimum atomic E-state index is -0.596. The molecule has 4 heteroatoms. The summed E-state index contributed by atoms with van der Waals surface area (Å²) in [6.45, 7) is 1.57. The Morgan fingerprint density at radius 3 is 2.69 bits per heavy atom. The van der Waals surface area contributed by atoms with E-state index in [1.165, 1.54) is 12.1 Å². The van der Waals surface area contributed by atoms with Crippen LogP contribution >= 0.6 is 11.6 Å². The van der Waals surface area contributed by atoms with Gasteiger partial charge in [-0.05, 0) is 25.1 Å². The van der Waals surface area contributed by atoms with E-state index in [0.717, 1.165) is 6.07 Å². The van der Waals surface area contributed by atoms with E-state index in [1.54, 1.807) is 6.92 Å². The standard InChI is InChI=1S/C9H9ClFNO/c1-5(12)9(13)6-2-3-8(11)7(10)4-6/h2-5H,12H2,1H3. The topological polar surface area (TPSA) is 43.1 Å². The molecule has 13 heavy (non-hydrogen) atoms. The van der Waals surface area contributed by atoms with E-state index in [4.69, 9.17) is 17.3 Å². The molecule has 0 bridgehead atoms. The van der Waals surface area contributed by atoms with E-state index in [2.05, 4.69) is 0 Å². The van der Waals surface area contributed by atoms with Crippen LogP contribution in [0.2, 0.25) is 5.02 Å². The molecule has 0 spiro atoms. The van der Waals surface area contributed by atoms with E-state index in [0.29, 0.717) is 5.56 Å². The quantitative estimate of drug-likeness (QED) is 0.744. The van der Waals surface area contributed by atoms with Crippen molar-refractivity contribution < 1.29 is 9.18 Å². The average molecular weight is 202 g/mol. The summed E-state index contributed by atoms with van der Waals surface area (Å²) in [6.07, 6.45) is 0. The van der Waals surface area contributed by atoms with Crippen LogP contribution in [0.25, 0.3) is 0 Å². The molecule has 0 aliphatic rings. The Kier molecular flexibility index (Phi) is 3.01. The van der Waals surface area contributed by atoms with E-state index in [9.17, 15) is 9.18 Å². The number of rotatable bonds is 2. The minimum Gasteiger partial charge on any atom is -0.321 e. The van der Waals surface area contributed by atoms with Crippen molar-refractivity contribution in [3.8, 4) is 0 Å². The van der Waals surface area contributed by atoms with Crippen LogP contribution < -0.4 is 5.73 Å². The molecule has 1 aromatic carbocycles. The van der Waals surface area contributed by atoms with Gasteiger partial charge in [-0.15, -0.1) is 0 Å². The summed E-state index contributed by atoms with van der Waals surface area (Å²) in [5.74, 6) is -0.787. The van der Waals surface area contributed by atoms with Gasteiger partial charge >= 0.3 is 0 Å². The number of hydrogen-bond donors (Lipinski definition) is 1. The van der Waals surface area contributed by atoms with Gasteiger partial charge in [0.25, 0.3) is 0 Å². The number of carbonyl (C=O) groups excluding carboxylic acids is 1. The van der Waals surface area contributed by atoms with E-state index in [-0.39, 0.29) is 10.8 Å². The summed E-state index contributed by atoms with van der Waals surface area (Å²) in [4.78, 5) is 11.3. The van der Waals surface area contributed by atoms with Gasteiger partial charge in [0.05, 0.1) is 11.1 Å². The molecule has 0 saturated carbocycles. The van der Waals surface area contributed by atoms with Crippen LogP contribution in [0.4, 0.5) is 4.39 Å². The molecule has 0 fully saturated rings. The number of nitrogens with two attached hydrogens (primary N) is 1. The molecule has 2 nitrogen and oxygen atoms in total. The van der Waals surface area contributed by atoms with Gasteiger partial charge < -0.3 is 5.73 Å². The molecule has 1 rings (SSSR count). The number of carbonyl (C=O) groups is 1. The summed E-state index contributed by atoms with van der Waals surface area (Å²) in [7, 11) is 0. The lowest BCUT2D eigenvalue weighted by atomic mass is 10.1. The first kappa shape index (κ1) is 10.2. The summed E-state index contributed by atoms with van der Waals surface area (Å²) in [5.41, 5.74) is 5.70. The summed E-state index contributed by atoms with van der Waals surface area (Å²) < 4.78 is 12.7. The number of benzene rings is 1. The smallest absolute Gasteiger partial charge is 0.179 e. The maximum absolute atomic E-state index is 12.7. The molecule has 1 atom stereocenters. The van der Waals surface area contributed by atoms with E-state index in [1.807, 2.05) is 0 Å². The zero-order chi connectivity index (χ0) is 10.0. The van der Waals surface area contributed by atoms with Gasteiger partial charge in [0.15, 0.2) is 5.78 Å². The summed E-state index contributed by atoms with van der Waals surface area (Å²) in [5, 5.41) is -0.0634. The second-order valence-corrected chi connectivity index (χ2v) is 3.19. The second kappa shape index (κ2) is 3.85. The molecule has 1 unspecified atom stereocenters. The number of halogens is 2. The summed E-state index contributed by atoms with van der Waals surface area (Å²) >= 11 is 5.49. The highest BCUT2D eigenvalue weighted by Gasteiger charge is 2.12. The Balaban J connectivity index is 3.04. The highest BCUT2D eigenvalue weighted by atomic mass is 35.5. The van der Waals surface area contributed by atoms with Crippen molar-refractivity contribution in [2.24, 2.45) is 5.73 Å². The lowest BCUT2D eigenvalue weighted by Crippen LogP contribution is -2.26. The molecule has 0 heterocycles. The first-order valence-electron chi connectivity index (χ1n) is 3.77. The zero-order valence-corrected chi connectivity index (χ0v) is 7.81. The van der Waals surface area contributed by atoms with Gasteiger partial charge in [-0.25, -0.2) is 4.39 Å². The third kappa shape index (κ3) is 2.26. The van der Waals surface area contributed by atoms with Crippen molar-refractivity contribution in [3.63, 3.8) is 0 Å². The third-order valence-electron chi connectivity index (χ3n) is 1.62. The van der Waals surface area contributed by atoms with Crippen LogP contribution in [0.5, 0.6) is 0 Å². The van der Waals surface area contributed by atoms with Gasteiger partial charge in [-0.1, -0.05) is 11.6 Å². The SMILES string of the molecule is CC(N)C(=O)c1ccc(F)c(Cl)c1. The van der Waals surface area contributed by atoms with Crippen molar-refractivity contribution in [2.45, 2.75) is 13.0 Å². The van der Waals surface area contributed by atoms with E-state index < -0.39 is 11.9 Å². The number of Topliss-reactive ketones (excluding diaryl/α,β-unsaturated/α-hetero) is 1. The number of ketones is 1. The summed E-state index contributed by atoms with van der Waals surface area (Å²) in [6, 6.07) is 3.20. The minimum absolute atomic E-state index is 0.0634. The fraction of sp³-hybridized carbons (Fsp3) is 0.222. The molecule has 0 amide bonds. The van der Waals surface area contributed by atoms with Gasteiger partial charge in [-0.3, -0.25) is 4.79 Å². The molecular weight excluding hydrogens is 193 g/mol. The third-order valence-corrected chi connectivity index (χ3v) is 1.91. The predicted octanol–water partition coefficient (Wildman–Crippen LogP) is 2.01. The van der Waals surface area contributed by atoms with Crippen LogP contribution in [0.1, 0.15) is 17.3 Å². The molecule has 0 aliphatic carbocycles. The lowest BCUT2D eigenvalue weighted by molar-refractivity contribution is 0.0968. The van der Waals surface area contributed by atoms with Crippen LogP contribution in [0.15, 0.2) is 18.2 Å². The molecule has 0 saturated heterocycles. The average Bonchev–Trinajstić information content (AvgIpc) is 2.08. The van der Waals surface area contributed by atoms with Crippen molar-refractivity contribution >= 4 is 17.4 Å². The normalized spacial score (nSPS) is 12.6. The fourth-order valence-electron chi connectivity index (χ4n) is 0.912. The maximum atomic E-state index is 12.7. The molecule has 1 aromatic rings. The largest absolute Gasteiger partial charge is 0.321 e. The first-order chi connectivity index (χ1) is 6.02. The van der Waals surface area contributed by atoms with Gasteiger partial charge in [0, 0.05) is 5.56 Å². The van der Waals surface area contributed by atoms with Crippen LogP contribution in [0, 0.1) is 5.82 Å². The molecule has 0 aliphatic heterocycles. The van der Waals surface area contributed by atoms with Crippen molar-refractivity contribution in [1.29, 1.82) is 0 Å². The van der Waals surface area contributed by atoms with E-state index >= 15 is 0 Å². The van der Waals surface area contributed by atoms with Crippen LogP contribution in [-0.2, 0) is 0 Å². The Hall–Kier alpha value is -0.930. The highest BCUT2D eigenvalue weighted by Crippen LogP contribution is 2.16. The monoisotopic (exact) mass is 201 g/mol. The fourth-order valence-corrected chi connectivity index (χ4v) is 1.09. The lowest BCUT2D eigenvalue weighted by Gasteiger charge is -2.04. The predicted molar refractivity (Wildman–Crippen MR) is 49.4 cm³/mol. The highest BCUT2D eigenvalue weighted by molar-refractivity contribution is 6.31. The molecule has 0 radical (unpaired) electrons. The molecule has 0 aromatic heterocycles. The maximum Gasteiger partial charge on any atom is 0.179 e. The van der Waals surface area contributed by atoms with Crippen LogP contribution in [-0.4, -0.2) is 11.8 Å². The Bertz CT molecular complexity index is 338. The van der Waals surface area contributed by atoms with Crippen molar-refractivity contribution in [1.82, 2.24) is 0 Å². The Labute approximate surface area is 80.5 Å². The van der Waals surface area contributed by atoms with Gasteiger partial charge in [-0.2, -0.15) is 0 Å². The zero-order valence-electron chi connectivity index (χ0n) is 7.05. The number of hydrogen-bond acceptors (Lipinski definition) is 2. The molecule has 70 valence electrons. The van der Waals surface area contributed by atoms with Crippen molar-refractivity contribution in [2.75, 3.05) is 0 Å². The van der Waals surface area contributed by atoms with Gasteiger partial charge in [0.2, 0.25) is 0 Å². The van der Waals surface area contributed by atoms with Crippen molar-refractivity contribution in [3.05, 3.63) is 34.6 Å².